The average Bonchev–Trinajstić information content (AvgIpc) is 2.17. The molecular formula is C10H15NO4S. The van der Waals surface area contributed by atoms with Crippen LogP contribution in [0.25, 0.3) is 5.57 Å². The van der Waals surface area contributed by atoms with E-state index in [4.69, 9.17) is 4.55 Å². The van der Waals surface area contributed by atoms with Crippen LogP contribution in [0, 0.1) is 0 Å². The molecule has 1 aromatic rings. The Labute approximate surface area is 94.9 Å². The summed E-state index contributed by atoms with van der Waals surface area (Å²) in [6.07, 6.45) is 2.52. The highest BCUT2D eigenvalue weighted by atomic mass is 32.2. The van der Waals surface area contributed by atoms with Crippen molar-refractivity contribution in [2.75, 3.05) is 5.75 Å². The monoisotopic (exact) mass is 245 g/mol. The third-order valence-electron chi connectivity index (χ3n) is 1.91. The topological polar surface area (TPSA) is 98.8 Å². The van der Waals surface area contributed by atoms with E-state index >= 15 is 0 Å². The van der Waals surface area contributed by atoms with Crippen LogP contribution >= 0.6 is 0 Å². The second-order valence-corrected chi connectivity index (χ2v) is 4.78. The number of allylic oxidation sites excluding steroid dienone is 1. The Morgan fingerprint density at radius 1 is 1.44 bits per heavy atom. The van der Waals surface area contributed by atoms with E-state index in [1.807, 2.05) is 12.1 Å². The molecule has 16 heavy (non-hydrogen) atoms. The fourth-order valence-corrected chi connectivity index (χ4v) is 1.68. The number of rotatable bonds is 5. The van der Waals surface area contributed by atoms with Crippen LogP contribution in [0.5, 0.6) is 0 Å². The molecule has 0 amide bonds. The van der Waals surface area contributed by atoms with Gasteiger partial charge in [-0.15, -0.1) is 0 Å². The first-order chi connectivity index (χ1) is 6.99. The highest BCUT2D eigenvalue weighted by Gasteiger charge is 2.05. The lowest BCUT2D eigenvalue weighted by Crippen LogP contribution is -2.03. The Morgan fingerprint density at radius 3 is 2.62 bits per heavy atom. The molecule has 1 aromatic heterocycles. The fourth-order valence-electron chi connectivity index (χ4n) is 1.17. The fraction of sp³-hybridized carbons (Fsp3) is 0.300. The summed E-state index contributed by atoms with van der Waals surface area (Å²) in [5, 5.41) is 0. The van der Waals surface area contributed by atoms with Gasteiger partial charge in [0.15, 0.2) is 0 Å². The third kappa shape index (κ3) is 5.59. The van der Waals surface area contributed by atoms with Crippen LogP contribution in [0.3, 0.4) is 0 Å². The van der Waals surface area contributed by atoms with Crippen molar-refractivity contribution in [1.82, 2.24) is 4.98 Å². The molecule has 0 atom stereocenters. The summed E-state index contributed by atoms with van der Waals surface area (Å²) >= 11 is 0. The minimum absolute atomic E-state index is 0. The Hall–Kier alpha value is -1.24. The quantitative estimate of drug-likeness (QED) is 0.780. The zero-order valence-electron chi connectivity index (χ0n) is 8.76. The Balaban J connectivity index is 0.00000225. The van der Waals surface area contributed by atoms with Crippen LogP contribution in [0.15, 0.2) is 31.0 Å². The van der Waals surface area contributed by atoms with E-state index in [9.17, 15) is 8.42 Å². The predicted molar refractivity (Wildman–Crippen MR) is 62.5 cm³/mol. The predicted octanol–water partition coefficient (Wildman–Crippen LogP) is 0.938. The first kappa shape index (κ1) is 14.8. The van der Waals surface area contributed by atoms with Crippen LogP contribution < -0.4 is 0 Å². The first-order valence-electron chi connectivity index (χ1n) is 4.53. The number of hydrogen-bond acceptors (Lipinski definition) is 3. The first-order valence-corrected chi connectivity index (χ1v) is 6.14. The molecule has 6 heteroatoms. The van der Waals surface area contributed by atoms with Crippen LogP contribution in [0.4, 0.5) is 0 Å². The van der Waals surface area contributed by atoms with E-state index in [0.717, 1.165) is 11.3 Å². The highest BCUT2D eigenvalue weighted by Crippen LogP contribution is 2.14. The molecule has 0 aliphatic rings. The molecular weight excluding hydrogens is 230 g/mol. The smallest absolute Gasteiger partial charge is 0.264 e. The van der Waals surface area contributed by atoms with Gasteiger partial charge in [-0.05, 0) is 30.5 Å². The van der Waals surface area contributed by atoms with Crippen molar-refractivity contribution < 1.29 is 18.4 Å². The van der Waals surface area contributed by atoms with Gasteiger partial charge in [0, 0.05) is 6.20 Å². The van der Waals surface area contributed by atoms with Gasteiger partial charge in [0.25, 0.3) is 10.1 Å². The van der Waals surface area contributed by atoms with Gasteiger partial charge in [-0.25, -0.2) is 0 Å². The maximum Gasteiger partial charge on any atom is 0.264 e. The number of aromatic nitrogens is 1. The van der Waals surface area contributed by atoms with Crippen LogP contribution in [-0.4, -0.2) is 29.2 Å². The molecule has 0 saturated carbocycles. The normalized spacial score (nSPS) is 10.6. The zero-order valence-corrected chi connectivity index (χ0v) is 9.57. The molecule has 0 fully saturated rings. The van der Waals surface area contributed by atoms with E-state index < -0.39 is 10.1 Å². The third-order valence-corrected chi connectivity index (χ3v) is 2.71. The summed E-state index contributed by atoms with van der Waals surface area (Å²) in [6.45, 7) is 3.81. The summed E-state index contributed by atoms with van der Waals surface area (Å²) in [5.74, 6) is -0.237. The molecule has 1 heterocycles. The zero-order chi connectivity index (χ0) is 11.3. The summed E-state index contributed by atoms with van der Waals surface area (Å²) in [5.41, 5.74) is 1.53. The van der Waals surface area contributed by atoms with Crippen LogP contribution in [0.1, 0.15) is 18.5 Å². The van der Waals surface area contributed by atoms with Crippen molar-refractivity contribution in [2.24, 2.45) is 0 Å². The lowest BCUT2D eigenvalue weighted by molar-refractivity contribution is 0.481. The van der Waals surface area contributed by atoms with Gasteiger partial charge in [0.2, 0.25) is 0 Å². The van der Waals surface area contributed by atoms with Crippen LogP contribution in [-0.2, 0) is 10.1 Å². The van der Waals surface area contributed by atoms with Gasteiger partial charge in [0.05, 0.1) is 11.4 Å². The number of nitrogens with zero attached hydrogens (tertiary/aromatic N) is 1. The van der Waals surface area contributed by atoms with Gasteiger partial charge >= 0.3 is 0 Å². The molecule has 0 aromatic carbocycles. The highest BCUT2D eigenvalue weighted by molar-refractivity contribution is 7.85. The van der Waals surface area contributed by atoms with E-state index in [2.05, 4.69) is 11.6 Å². The maximum atomic E-state index is 10.5. The summed E-state index contributed by atoms with van der Waals surface area (Å²) in [6, 6.07) is 5.46. The standard InChI is InChI=1S/C10H13NO3S.H2O/c1-9(5-4-8-15(12,13)14)10-6-2-3-7-11-10;/h2-3,6-7H,1,4-5,8H2,(H,12,13,14);1H2. The summed E-state index contributed by atoms with van der Waals surface area (Å²) in [4.78, 5) is 4.08. The van der Waals surface area contributed by atoms with E-state index in [0.29, 0.717) is 12.8 Å². The van der Waals surface area contributed by atoms with E-state index in [1.165, 1.54) is 0 Å². The maximum absolute atomic E-state index is 10.5. The van der Waals surface area contributed by atoms with Crippen molar-refractivity contribution in [3.8, 4) is 0 Å². The summed E-state index contributed by atoms with van der Waals surface area (Å²) in [7, 11) is -3.86. The molecule has 0 bridgehead atoms. The second-order valence-electron chi connectivity index (χ2n) is 3.21. The molecule has 0 unspecified atom stereocenters. The molecule has 5 nitrogen and oxygen atoms in total. The summed E-state index contributed by atoms with van der Waals surface area (Å²) < 4.78 is 29.4. The molecule has 3 N–H and O–H groups in total. The molecule has 0 spiro atoms. The molecule has 1 rings (SSSR count). The van der Waals surface area contributed by atoms with E-state index in [1.54, 1.807) is 12.3 Å². The lowest BCUT2D eigenvalue weighted by Gasteiger charge is -2.03. The van der Waals surface area contributed by atoms with Crippen LogP contribution in [0.2, 0.25) is 0 Å². The minimum Gasteiger partial charge on any atom is -0.412 e. The SMILES string of the molecule is C=C(CCCS(=O)(=O)O)c1ccccn1.O. The van der Waals surface area contributed by atoms with Gasteiger partial charge in [0.1, 0.15) is 0 Å². The van der Waals surface area contributed by atoms with Gasteiger partial charge in [-0.2, -0.15) is 8.42 Å². The van der Waals surface area contributed by atoms with E-state index in [-0.39, 0.29) is 11.2 Å². The average molecular weight is 245 g/mol. The molecule has 90 valence electrons. The van der Waals surface area contributed by atoms with Gasteiger partial charge < -0.3 is 5.48 Å². The molecule has 0 aliphatic carbocycles. The number of hydrogen-bond donors (Lipinski definition) is 1. The largest absolute Gasteiger partial charge is 0.412 e. The number of pyridine rings is 1. The van der Waals surface area contributed by atoms with Gasteiger partial charge in [-0.1, -0.05) is 12.6 Å². The van der Waals surface area contributed by atoms with Crippen molar-refractivity contribution >= 4 is 15.7 Å². The Bertz CT molecular complexity index is 427. The second kappa shape index (κ2) is 6.37. The Kier molecular flexibility index (Phi) is 5.87. The molecule has 0 saturated heterocycles. The molecule has 0 aliphatic heterocycles. The van der Waals surface area contributed by atoms with Crippen molar-refractivity contribution in [3.05, 3.63) is 36.7 Å². The minimum atomic E-state index is -3.86. The van der Waals surface area contributed by atoms with Crippen molar-refractivity contribution in [1.29, 1.82) is 0 Å². The molecule has 0 radical (unpaired) electrons. The van der Waals surface area contributed by atoms with Crippen molar-refractivity contribution in [2.45, 2.75) is 12.8 Å². The van der Waals surface area contributed by atoms with Crippen molar-refractivity contribution in [3.63, 3.8) is 0 Å². The Morgan fingerprint density at radius 2 is 2.12 bits per heavy atom. The lowest BCUT2D eigenvalue weighted by atomic mass is 10.1. The van der Waals surface area contributed by atoms with Gasteiger partial charge in [-0.3, -0.25) is 9.54 Å².